The quantitative estimate of drug-likeness (QED) is 0.826. The molecule has 1 fully saturated rings. The highest BCUT2D eigenvalue weighted by Crippen LogP contribution is 2.37. The first-order valence-electron chi connectivity index (χ1n) is 6.31. The number of benzene rings is 1. The van der Waals surface area contributed by atoms with E-state index in [4.69, 9.17) is 9.47 Å². The standard InChI is InChI=1S/C15H17NO2/c1-17-14-8-11-5-6-16-13(7-10-3-4-10)12(11)9-15(14)18-2/h5-6,8-10H,3-4,7H2,1-2H3. The van der Waals surface area contributed by atoms with Crippen LogP contribution in [0.4, 0.5) is 0 Å². The summed E-state index contributed by atoms with van der Waals surface area (Å²) in [5.74, 6) is 2.37. The summed E-state index contributed by atoms with van der Waals surface area (Å²) in [6.45, 7) is 0. The topological polar surface area (TPSA) is 31.4 Å². The number of hydrogen-bond donors (Lipinski definition) is 0. The molecule has 0 unspecified atom stereocenters. The SMILES string of the molecule is COc1cc2ccnc(CC3CC3)c2cc1OC. The van der Waals surface area contributed by atoms with Crippen molar-refractivity contribution in [2.75, 3.05) is 14.2 Å². The average Bonchev–Trinajstić information content (AvgIpc) is 3.21. The van der Waals surface area contributed by atoms with Crippen LogP contribution >= 0.6 is 0 Å². The number of rotatable bonds is 4. The van der Waals surface area contributed by atoms with E-state index in [1.807, 2.05) is 24.4 Å². The minimum Gasteiger partial charge on any atom is -0.493 e. The molecule has 3 rings (SSSR count). The first-order valence-corrected chi connectivity index (χ1v) is 6.31. The molecule has 18 heavy (non-hydrogen) atoms. The smallest absolute Gasteiger partial charge is 0.161 e. The van der Waals surface area contributed by atoms with Crippen LogP contribution in [0.2, 0.25) is 0 Å². The van der Waals surface area contributed by atoms with Gasteiger partial charge in [0.15, 0.2) is 11.5 Å². The van der Waals surface area contributed by atoms with Gasteiger partial charge in [-0.15, -0.1) is 0 Å². The van der Waals surface area contributed by atoms with E-state index < -0.39 is 0 Å². The van der Waals surface area contributed by atoms with E-state index in [0.717, 1.165) is 23.8 Å². The van der Waals surface area contributed by atoms with Crippen LogP contribution in [0.1, 0.15) is 18.5 Å². The summed E-state index contributed by atoms with van der Waals surface area (Å²) >= 11 is 0. The van der Waals surface area contributed by atoms with Crippen molar-refractivity contribution < 1.29 is 9.47 Å². The predicted molar refractivity (Wildman–Crippen MR) is 71.3 cm³/mol. The summed E-state index contributed by atoms with van der Waals surface area (Å²) in [6.07, 6.45) is 5.63. The molecule has 1 aliphatic rings. The van der Waals surface area contributed by atoms with Crippen molar-refractivity contribution in [2.24, 2.45) is 5.92 Å². The van der Waals surface area contributed by atoms with Gasteiger partial charge in [-0.25, -0.2) is 0 Å². The van der Waals surface area contributed by atoms with Crippen LogP contribution in [0.5, 0.6) is 11.5 Å². The minimum absolute atomic E-state index is 0.772. The third-order valence-electron chi connectivity index (χ3n) is 3.53. The number of nitrogens with zero attached hydrogens (tertiary/aromatic N) is 1. The zero-order valence-electron chi connectivity index (χ0n) is 10.8. The van der Waals surface area contributed by atoms with E-state index in [1.165, 1.54) is 29.3 Å². The van der Waals surface area contributed by atoms with E-state index in [1.54, 1.807) is 14.2 Å². The molecule has 3 nitrogen and oxygen atoms in total. The molecule has 0 amide bonds. The minimum atomic E-state index is 0.772. The van der Waals surface area contributed by atoms with Gasteiger partial charge in [0.1, 0.15) is 0 Å². The number of ether oxygens (including phenoxy) is 2. The van der Waals surface area contributed by atoms with E-state index >= 15 is 0 Å². The zero-order chi connectivity index (χ0) is 12.5. The van der Waals surface area contributed by atoms with Crippen LogP contribution < -0.4 is 9.47 Å². The summed E-state index contributed by atoms with van der Waals surface area (Å²) in [7, 11) is 3.33. The Bertz CT molecular complexity index is 576. The summed E-state index contributed by atoms with van der Waals surface area (Å²) in [4.78, 5) is 4.52. The molecule has 3 heteroatoms. The van der Waals surface area contributed by atoms with Crippen molar-refractivity contribution in [3.05, 3.63) is 30.1 Å². The van der Waals surface area contributed by atoms with Gasteiger partial charge in [-0.2, -0.15) is 0 Å². The Kier molecular flexibility index (Phi) is 2.82. The van der Waals surface area contributed by atoms with Gasteiger partial charge in [-0.05, 0) is 48.8 Å². The van der Waals surface area contributed by atoms with Gasteiger partial charge in [0, 0.05) is 17.3 Å². The number of hydrogen-bond acceptors (Lipinski definition) is 3. The van der Waals surface area contributed by atoms with E-state index in [9.17, 15) is 0 Å². The van der Waals surface area contributed by atoms with Crippen molar-refractivity contribution in [3.8, 4) is 11.5 Å². The fraction of sp³-hybridized carbons (Fsp3) is 0.400. The third kappa shape index (κ3) is 2.01. The van der Waals surface area contributed by atoms with Crippen molar-refractivity contribution in [1.29, 1.82) is 0 Å². The second kappa shape index (κ2) is 4.48. The Hall–Kier alpha value is -1.77. The van der Waals surface area contributed by atoms with Crippen LogP contribution in [-0.2, 0) is 6.42 Å². The highest BCUT2D eigenvalue weighted by Gasteiger charge is 2.23. The van der Waals surface area contributed by atoms with Gasteiger partial charge in [-0.1, -0.05) is 0 Å². The maximum atomic E-state index is 5.37. The Balaban J connectivity index is 2.13. The van der Waals surface area contributed by atoms with E-state index in [0.29, 0.717) is 0 Å². The molecule has 1 aromatic carbocycles. The lowest BCUT2D eigenvalue weighted by Crippen LogP contribution is -1.96. The first kappa shape index (κ1) is 11.3. The third-order valence-corrected chi connectivity index (χ3v) is 3.53. The number of aromatic nitrogens is 1. The maximum absolute atomic E-state index is 5.37. The molecule has 1 saturated carbocycles. The average molecular weight is 243 g/mol. The van der Waals surface area contributed by atoms with Crippen LogP contribution in [0.3, 0.4) is 0 Å². The second-order valence-electron chi connectivity index (χ2n) is 4.83. The van der Waals surface area contributed by atoms with Gasteiger partial charge in [0.2, 0.25) is 0 Å². The molecule has 0 saturated heterocycles. The molecule has 0 atom stereocenters. The first-order chi connectivity index (χ1) is 8.81. The number of methoxy groups -OCH3 is 2. The Morgan fingerprint density at radius 3 is 2.56 bits per heavy atom. The highest BCUT2D eigenvalue weighted by atomic mass is 16.5. The fourth-order valence-electron chi connectivity index (χ4n) is 2.32. The van der Waals surface area contributed by atoms with Crippen LogP contribution in [-0.4, -0.2) is 19.2 Å². The normalized spacial score (nSPS) is 14.8. The van der Waals surface area contributed by atoms with Crippen LogP contribution in [0.25, 0.3) is 10.8 Å². The molecule has 0 spiro atoms. The van der Waals surface area contributed by atoms with Crippen LogP contribution in [0, 0.1) is 5.92 Å². The maximum Gasteiger partial charge on any atom is 0.161 e. The van der Waals surface area contributed by atoms with Gasteiger partial charge < -0.3 is 9.47 Å². The summed E-state index contributed by atoms with van der Waals surface area (Å²) in [5.41, 5.74) is 1.18. The van der Waals surface area contributed by atoms with Gasteiger partial charge in [0.25, 0.3) is 0 Å². The van der Waals surface area contributed by atoms with E-state index in [2.05, 4.69) is 4.98 Å². The predicted octanol–water partition coefficient (Wildman–Crippen LogP) is 3.20. The largest absolute Gasteiger partial charge is 0.493 e. The van der Waals surface area contributed by atoms with Gasteiger partial charge in [0.05, 0.1) is 14.2 Å². The van der Waals surface area contributed by atoms with Gasteiger partial charge in [-0.3, -0.25) is 4.98 Å². The van der Waals surface area contributed by atoms with Gasteiger partial charge >= 0.3 is 0 Å². The Labute approximate surface area is 107 Å². The molecular weight excluding hydrogens is 226 g/mol. The molecule has 1 aliphatic carbocycles. The molecule has 1 heterocycles. The molecule has 0 radical (unpaired) electrons. The second-order valence-corrected chi connectivity index (χ2v) is 4.83. The monoisotopic (exact) mass is 243 g/mol. The molecule has 0 N–H and O–H groups in total. The summed E-state index contributed by atoms with van der Waals surface area (Å²) < 4.78 is 10.7. The summed E-state index contributed by atoms with van der Waals surface area (Å²) in [6, 6.07) is 6.08. The lowest BCUT2D eigenvalue weighted by molar-refractivity contribution is 0.356. The molecule has 0 bridgehead atoms. The van der Waals surface area contributed by atoms with Crippen molar-refractivity contribution >= 4 is 10.8 Å². The Morgan fingerprint density at radius 2 is 1.89 bits per heavy atom. The number of pyridine rings is 1. The van der Waals surface area contributed by atoms with Crippen molar-refractivity contribution in [2.45, 2.75) is 19.3 Å². The lowest BCUT2D eigenvalue weighted by atomic mass is 10.1. The zero-order valence-corrected chi connectivity index (χ0v) is 10.8. The molecule has 0 aliphatic heterocycles. The highest BCUT2D eigenvalue weighted by molar-refractivity contribution is 5.87. The van der Waals surface area contributed by atoms with Crippen LogP contribution in [0.15, 0.2) is 24.4 Å². The number of fused-ring (bicyclic) bond motifs is 1. The molecule has 94 valence electrons. The molecule has 1 aromatic heterocycles. The van der Waals surface area contributed by atoms with E-state index in [-0.39, 0.29) is 0 Å². The molecular formula is C15H17NO2. The summed E-state index contributed by atoms with van der Waals surface area (Å²) in [5, 5.41) is 2.35. The molecule has 2 aromatic rings. The van der Waals surface area contributed by atoms with Crippen molar-refractivity contribution in [3.63, 3.8) is 0 Å². The lowest BCUT2D eigenvalue weighted by Gasteiger charge is -2.11. The fourth-order valence-corrected chi connectivity index (χ4v) is 2.32. The Morgan fingerprint density at radius 1 is 1.17 bits per heavy atom. The van der Waals surface area contributed by atoms with Crippen molar-refractivity contribution in [1.82, 2.24) is 4.98 Å².